The third-order valence-corrected chi connectivity index (χ3v) is 3.53. The number of rotatable bonds is 2. The van der Waals surface area contributed by atoms with Crippen molar-refractivity contribution in [1.82, 2.24) is 4.98 Å². The van der Waals surface area contributed by atoms with Gasteiger partial charge in [0, 0.05) is 5.69 Å². The molecule has 0 aliphatic carbocycles. The fourth-order valence-electron chi connectivity index (χ4n) is 1.47. The van der Waals surface area contributed by atoms with E-state index in [2.05, 4.69) is 10.3 Å². The molecule has 0 spiro atoms. The van der Waals surface area contributed by atoms with Crippen LogP contribution >= 0.6 is 23.6 Å². The van der Waals surface area contributed by atoms with E-state index in [0.29, 0.717) is 9.64 Å². The zero-order valence-electron chi connectivity index (χ0n) is 9.48. The second kappa shape index (κ2) is 5.12. The molecule has 0 atom stereocenters. The number of aromatic amines is 1. The quantitative estimate of drug-likeness (QED) is 0.501. The summed E-state index contributed by atoms with van der Waals surface area (Å²) in [5.41, 5.74) is 1.68. The lowest BCUT2D eigenvalue weighted by molar-refractivity contribution is -0.112. The topological polar surface area (TPSA) is 68.7 Å². The van der Waals surface area contributed by atoms with Gasteiger partial charge in [0.05, 0.1) is 10.2 Å². The first-order valence-electron chi connectivity index (χ1n) is 5.14. The van der Waals surface area contributed by atoms with E-state index in [1.54, 1.807) is 13.0 Å². The van der Waals surface area contributed by atoms with Crippen molar-refractivity contribution in [2.24, 2.45) is 0 Å². The Labute approximate surface area is 113 Å². The third kappa shape index (κ3) is 2.47. The molecule has 0 fully saturated rings. The molecule has 18 heavy (non-hydrogen) atoms. The van der Waals surface area contributed by atoms with Gasteiger partial charge in [-0.3, -0.25) is 4.79 Å². The largest absolute Gasteiger partial charge is 0.337 e. The molecule has 6 heteroatoms. The Balaban J connectivity index is 2.30. The first-order valence-corrected chi connectivity index (χ1v) is 6.37. The van der Waals surface area contributed by atoms with Crippen molar-refractivity contribution in [3.05, 3.63) is 33.8 Å². The van der Waals surface area contributed by atoms with Crippen molar-refractivity contribution in [2.75, 3.05) is 5.32 Å². The van der Waals surface area contributed by atoms with Crippen molar-refractivity contribution in [3.63, 3.8) is 0 Å². The molecule has 0 saturated heterocycles. The van der Waals surface area contributed by atoms with E-state index in [4.69, 9.17) is 17.5 Å². The van der Waals surface area contributed by atoms with Crippen LogP contribution in [0.25, 0.3) is 10.2 Å². The second-order valence-corrected chi connectivity index (χ2v) is 5.21. The SMILES string of the molecule is C/C=C(\C#N)C(=O)Nc1ccc2[nH]c(=S)sc2c1. The third-order valence-electron chi connectivity index (χ3n) is 2.33. The minimum atomic E-state index is -0.404. The molecule has 2 rings (SSSR count). The summed E-state index contributed by atoms with van der Waals surface area (Å²) in [6.45, 7) is 1.65. The lowest BCUT2D eigenvalue weighted by Gasteiger charge is -2.03. The number of H-pyrrole nitrogens is 1. The summed E-state index contributed by atoms with van der Waals surface area (Å²) >= 11 is 6.49. The highest BCUT2D eigenvalue weighted by Gasteiger charge is 2.08. The summed E-state index contributed by atoms with van der Waals surface area (Å²) in [7, 11) is 0. The van der Waals surface area contributed by atoms with Gasteiger partial charge >= 0.3 is 0 Å². The van der Waals surface area contributed by atoms with E-state index >= 15 is 0 Å². The number of fused-ring (bicyclic) bond motifs is 1. The molecule has 1 amide bonds. The van der Waals surface area contributed by atoms with E-state index in [0.717, 1.165) is 10.2 Å². The fourth-order valence-corrected chi connectivity index (χ4v) is 2.62. The zero-order chi connectivity index (χ0) is 13.1. The summed E-state index contributed by atoms with van der Waals surface area (Å²) in [5.74, 6) is -0.404. The maximum atomic E-state index is 11.7. The van der Waals surface area contributed by atoms with Gasteiger partial charge in [0.25, 0.3) is 5.91 Å². The Hall–Kier alpha value is -1.97. The van der Waals surface area contributed by atoms with Crippen LogP contribution in [-0.2, 0) is 4.79 Å². The van der Waals surface area contributed by atoms with Gasteiger partial charge in [0.1, 0.15) is 11.6 Å². The van der Waals surface area contributed by atoms with Gasteiger partial charge in [-0.15, -0.1) is 11.3 Å². The summed E-state index contributed by atoms with van der Waals surface area (Å²) in [4.78, 5) is 14.7. The molecule has 0 bridgehead atoms. The number of carbonyl (C=O) groups excluding carboxylic acids is 1. The number of amides is 1. The number of benzene rings is 1. The normalized spacial score (nSPS) is 11.2. The van der Waals surface area contributed by atoms with Gasteiger partial charge in [-0.2, -0.15) is 5.26 Å². The van der Waals surface area contributed by atoms with Crippen molar-refractivity contribution in [1.29, 1.82) is 5.26 Å². The highest BCUT2D eigenvalue weighted by Crippen LogP contribution is 2.23. The Morgan fingerprint density at radius 2 is 2.39 bits per heavy atom. The van der Waals surface area contributed by atoms with Gasteiger partial charge in [-0.05, 0) is 37.3 Å². The molecule has 90 valence electrons. The van der Waals surface area contributed by atoms with Crippen LogP contribution in [-0.4, -0.2) is 10.9 Å². The summed E-state index contributed by atoms with van der Waals surface area (Å²) in [6.07, 6.45) is 1.48. The van der Waals surface area contributed by atoms with Crippen LogP contribution in [0.1, 0.15) is 6.92 Å². The van der Waals surface area contributed by atoms with Crippen molar-refractivity contribution < 1.29 is 4.79 Å². The standard InChI is InChI=1S/C12H9N3OS2/c1-2-7(6-13)11(16)14-8-3-4-9-10(5-8)18-12(17)15-9/h2-5H,1H3,(H,14,16)(H,15,17)/b7-2+. The zero-order valence-corrected chi connectivity index (χ0v) is 11.1. The number of hydrogen-bond donors (Lipinski definition) is 2. The van der Waals surface area contributed by atoms with E-state index in [1.165, 1.54) is 17.4 Å². The molecule has 0 aliphatic heterocycles. The lowest BCUT2D eigenvalue weighted by Crippen LogP contribution is -2.13. The molecular formula is C12H9N3OS2. The predicted octanol–water partition coefficient (Wildman–Crippen LogP) is 3.37. The maximum absolute atomic E-state index is 11.7. The second-order valence-electron chi connectivity index (χ2n) is 3.49. The van der Waals surface area contributed by atoms with E-state index in [-0.39, 0.29) is 5.57 Å². The number of hydrogen-bond acceptors (Lipinski definition) is 4. The van der Waals surface area contributed by atoms with Crippen LogP contribution in [0, 0.1) is 15.3 Å². The molecule has 0 aliphatic rings. The van der Waals surface area contributed by atoms with Crippen molar-refractivity contribution in [3.8, 4) is 6.07 Å². The fraction of sp³-hybridized carbons (Fsp3) is 0.0833. The van der Waals surface area contributed by atoms with Crippen LogP contribution in [0.4, 0.5) is 5.69 Å². The number of aromatic nitrogens is 1. The number of thiazole rings is 1. The number of nitriles is 1. The molecule has 0 radical (unpaired) electrons. The molecule has 1 aromatic carbocycles. The average molecular weight is 275 g/mol. The minimum Gasteiger partial charge on any atom is -0.337 e. The molecule has 1 aromatic heterocycles. The number of anilines is 1. The summed E-state index contributed by atoms with van der Waals surface area (Å²) in [5, 5.41) is 11.4. The molecular weight excluding hydrogens is 266 g/mol. The first-order chi connectivity index (χ1) is 8.63. The molecule has 0 saturated carbocycles. The predicted molar refractivity (Wildman–Crippen MR) is 75.0 cm³/mol. The van der Waals surface area contributed by atoms with E-state index in [9.17, 15) is 4.79 Å². The molecule has 2 aromatic rings. The van der Waals surface area contributed by atoms with E-state index < -0.39 is 5.91 Å². The molecule has 4 nitrogen and oxygen atoms in total. The highest BCUT2D eigenvalue weighted by molar-refractivity contribution is 7.73. The van der Waals surface area contributed by atoms with E-state index in [1.807, 2.05) is 18.2 Å². The highest BCUT2D eigenvalue weighted by atomic mass is 32.1. The van der Waals surface area contributed by atoms with Crippen LogP contribution < -0.4 is 5.32 Å². The van der Waals surface area contributed by atoms with Gasteiger partial charge in [0.15, 0.2) is 3.95 Å². The number of nitrogens with zero attached hydrogens (tertiary/aromatic N) is 1. The maximum Gasteiger partial charge on any atom is 0.265 e. The first kappa shape index (κ1) is 12.5. The van der Waals surface area contributed by atoms with Crippen molar-refractivity contribution in [2.45, 2.75) is 6.92 Å². The number of allylic oxidation sites excluding steroid dienone is 1. The summed E-state index contributed by atoms with van der Waals surface area (Å²) < 4.78 is 1.66. The smallest absolute Gasteiger partial charge is 0.265 e. The Kier molecular flexibility index (Phi) is 3.55. The van der Waals surface area contributed by atoms with Crippen LogP contribution in [0.2, 0.25) is 0 Å². The summed E-state index contributed by atoms with van der Waals surface area (Å²) in [6, 6.07) is 7.28. The van der Waals surface area contributed by atoms with Gasteiger partial charge in [-0.1, -0.05) is 6.08 Å². The molecule has 1 heterocycles. The average Bonchev–Trinajstić information content (AvgIpc) is 2.70. The Morgan fingerprint density at radius 3 is 3.06 bits per heavy atom. The van der Waals surface area contributed by atoms with Crippen LogP contribution in [0.5, 0.6) is 0 Å². The van der Waals surface area contributed by atoms with Crippen LogP contribution in [0.3, 0.4) is 0 Å². The monoisotopic (exact) mass is 275 g/mol. The Morgan fingerprint density at radius 1 is 1.61 bits per heavy atom. The molecule has 0 unspecified atom stereocenters. The van der Waals surface area contributed by atoms with Crippen LogP contribution in [0.15, 0.2) is 29.8 Å². The molecule has 2 N–H and O–H groups in total. The van der Waals surface area contributed by atoms with Gasteiger partial charge in [0.2, 0.25) is 0 Å². The number of nitrogens with one attached hydrogen (secondary N) is 2. The Bertz CT molecular complexity index is 734. The van der Waals surface area contributed by atoms with Gasteiger partial charge in [-0.25, -0.2) is 0 Å². The van der Waals surface area contributed by atoms with Gasteiger partial charge < -0.3 is 10.3 Å². The lowest BCUT2D eigenvalue weighted by atomic mass is 10.2. The number of carbonyl (C=O) groups is 1. The minimum absolute atomic E-state index is 0.0943. The van der Waals surface area contributed by atoms with Crippen molar-refractivity contribution >= 4 is 45.4 Å².